The van der Waals surface area contributed by atoms with E-state index in [1.54, 1.807) is 44.2 Å². The Bertz CT molecular complexity index is 991. The zero-order valence-electron chi connectivity index (χ0n) is 15.8. The summed E-state index contributed by atoms with van der Waals surface area (Å²) in [6.07, 6.45) is 1.27. The number of nitrogens with one attached hydrogen (secondary N) is 1. The third kappa shape index (κ3) is 4.82. The first kappa shape index (κ1) is 21.7. The van der Waals surface area contributed by atoms with Crippen LogP contribution in [0.2, 0.25) is 5.02 Å². The van der Waals surface area contributed by atoms with Crippen LogP contribution in [0, 0.1) is 6.92 Å². The van der Waals surface area contributed by atoms with Gasteiger partial charge in [0, 0.05) is 16.3 Å². The van der Waals surface area contributed by atoms with Gasteiger partial charge in [0.05, 0.1) is 11.9 Å². The number of carbonyl (C=O) groups excluding carboxylic acids is 2. The Morgan fingerprint density at radius 2 is 1.79 bits per heavy atom. The Labute approximate surface area is 169 Å². The van der Waals surface area contributed by atoms with Gasteiger partial charge in [-0.15, -0.1) is 0 Å². The molecule has 0 heterocycles. The summed E-state index contributed by atoms with van der Waals surface area (Å²) >= 11 is 5.89. The molecule has 0 saturated carbocycles. The predicted molar refractivity (Wildman–Crippen MR) is 111 cm³/mol. The number of nitrogens with zero attached hydrogens (tertiary/aromatic N) is 1. The molecule has 0 aromatic heterocycles. The Hall–Kier alpha value is -2.58. The van der Waals surface area contributed by atoms with E-state index in [1.165, 1.54) is 12.1 Å². The summed E-state index contributed by atoms with van der Waals surface area (Å²) in [5.74, 6) is -1.13. The van der Waals surface area contributed by atoms with E-state index in [0.29, 0.717) is 22.0 Å². The van der Waals surface area contributed by atoms with Crippen molar-refractivity contribution in [3.05, 3.63) is 58.6 Å². The first-order valence-electron chi connectivity index (χ1n) is 8.51. The van der Waals surface area contributed by atoms with Gasteiger partial charge in [0.1, 0.15) is 6.04 Å². The number of hydrogen-bond donors (Lipinski definition) is 2. The van der Waals surface area contributed by atoms with E-state index >= 15 is 0 Å². The standard InChI is InChI=1S/C19H22ClN3O4S/c1-4-17(23(28(3,26)27)14-10-8-13(20)9-11-14)19(25)22-16-7-5-6-15(12(16)2)18(21)24/h5-11,17H,4H2,1-3H3,(H2,21,24)(H,22,25). The molecule has 0 aliphatic rings. The minimum Gasteiger partial charge on any atom is -0.366 e. The first-order chi connectivity index (χ1) is 13.1. The zero-order chi connectivity index (χ0) is 21.1. The topological polar surface area (TPSA) is 110 Å². The number of carbonyl (C=O) groups is 2. The third-order valence-corrected chi connectivity index (χ3v) is 5.70. The molecular weight excluding hydrogens is 402 g/mol. The molecule has 2 amide bonds. The molecule has 7 nitrogen and oxygen atoms in total. The molecule has 0 spiro atoms. The number of rotatable bonds is 7. The zero-order valence-corrected chi connectivity index (χ0v) is 17.3. The van der Waals surface area contributed by atoms with Crippen LogP contribution in [0.4, 0.5) is 11.4 Å². The molecule has 0 aliphatic heterocycles. The fourth-order valence-electron chi connectivity index (χ4n) is 2.90. The first-order valence-corrected chi connectivity index (χ1v) is 10.7. The molecular formula is C19H22ClN3O4S. The molecule has 0 saturated heterocycles. The van der Waals surface area contributed by atoms with Crippen LogP contribution in [0.1, 0.15) is 29.3 Å². The number of sulfonamides is 1. The smallest absolute Gasteiger partial charge is 0.249 e. The maximum atomic E-state index is 12.9. The van der Waals surface area contributed by atoms with Gasteiger partial charge in [0.15, 0.2) is 0 Å². The minimum absolute atomic E-state index is 0.232. The van der Waals surface area contributed by atoms with E-state index in [4.69, 9.17) is 17.3 Å². The van der Waals surface area contributed by atoms with Crippen molar-refractivity contribution in [2.24, 2.45) is 5.73 Å². The fourth-order valence-corrected chi connectivity index (χ4v) is 4.24. The monoisotopic (exact) mass is 423 g/mol. The number of anilines is 2. The SMILES string of the molecule is CCC(C(=O)Nc1cccc(C(N)=O)c1C)N(c1ccc(Cl)cc1)S(C)(=O)=O. The van der Waals surface area contributed by atoms with Gasteiger partial charge in [-0.25, -0.2) is 8.42 Å². The second-order valence-electron chi connectivity index (χ2n) is 6.29. The number of hydrogen-bond acceptors (Lipinski definition) is 4. The van der Waals surface area contributed by atoms with Gasteiger partial charge in [0.2, 0.25) is 21.8 Å². The number of benzene rings is 2. The van der Waals surface area contributed by atoms with Crippen molar-refractivity contribution < 1.29 is 18.0 Å². The van der Waals surface area contributed by atoms with Crippen LogP contribution in [0.5, 0.6) is 0 Å². The summed E-state index contributed by atoms with van der Waals surface area (Å²) in [4.78, 5) is 24.5. The Morgan fingerprint density at radius 1 is 1.18 bits per heavy atom. The third-order valence-electron chi connectivity index (χ3n) is 4.27. The number of amides is 2. The van der Waals surface area contributed by atoms with E-state index in [0.717, 1.165) is 10.6 Å². The van der Waals surface area contributed by atoms with Crippen molar-refractivity contribution in [1.82, 2.24) is 0 Å². The molecule has 2 aromatic rings. The van der Waals surface area contributed by atoms with Crippen LogP contribution in [-0.4, -0.2) is 32.5 Å². The van der Waals surface area contributed by atoms with Crippen molar-refractivity contribution in [3.63, 3.8) is 0 Å². The number of halogens is 1. The molecule has 150 valence electrons. The van der Waals surface area contributed by atoms with E-state index in [2.05, 4.69) is 5.32 Å². The highest BCUT2D eigenvalue weighted by molar-refractivity contribution is 7.92. The van der Waals surface area contributed by atoms with E-state index in [-0.39, 0.29) is 12.0 Å². The maximum Gasteiger partial charge on any atom is 0.249 e. The molecule has 2 aromatic carbocycles. The molecule has 28 heavy (non-hydrogen) atoms. The summed E-state index contributed by atoms with van der Waals surface area (Å²) in [6, 6.07) is 9.97. The number of primary amides is 1. The van der Waals surface area contributed by atoms with Gasteiger partial charge in [0.25, 0.3) is 0 Å². The Balaban J connectivity index is 2.41. The van der Waals surface area contributed by atoms with Crippen molar-refractivity contribution in [2.45, 2.75) is 26.3 Å². The summed E-state index contributed by atoms with van der Waals surface area (Å²) in [7, 11) is -3.76. The molecule has 0 radical (unpaired) electrons. The van der Waals surface area contributed by atoms with Crippen LogP contribution in [-0.2, 0) is 14.8 Å². The van der Waals surface area contributed by atoms with Crippen molar-refractivity contribution in [3.8, 4) is 0 Å². The lowest BCUT2D eigenvalue weighted by Crippen LogP contribution is -2.47. The van der Waals surface area contributed by atoms with Gasteiger partial charge in [-0.1, -0.05) is 24.6 Å². The van der Waals surface area contributed by atoms with Gasteiger partial charge < -0.3 is 11.1 Å². The Morgan fingerprint density at radius 3 is 2.29 bits per heavy atom. The highest BCUT2D eigenvalue weighted by atomic mass is 35.5. The van der Waals surface area contributed by atoms with Crippen LogP contribution >= 0.6 is 11.6 Å². The van der Waals surface area contributed by atoms with Crippen molar-refractivity contribution in [1.29, 1.82) is 0 Å². The van der Waals surface area contributed by atoms with E-state index in [1.807, 2.05) is 0 Å². The average molecular weight is 424 g/mol. The second-order valence-corrected chi connectivity index (χ2v) is 8.59. The molecule has 0 aliphatic carbocycles. The van der Waals surface area contributed by atoms with Gasteiger partial charge >= 0.3 is 0 Å². The van der Waals surface area contributed by atoms with Gasteiger partial charge in [-0.2, -0.15) is 0 Å². The quantitative estimate of drug-likeness (QED) is 0.713. The fraction of sp³-hybridized carbons (Fsp3) is 0.263. The Kier molecular flexibility index (Phi) is 6.69. The highest BCUT2D eigenvalue weighted by Crippen LogP contribution is 2.26. The predicted octanol–water partition coefficient (Wildman–Crippen LogP) is 2.93. The maximum absolute atomic E-state index is 12.9. The summed E-state index contributed by atoms with van der Waals surface area (Å²) in [5, 5.41) is 3.16. The lowest BCUT2D eigenvalue weighted by Gasteiger charge is -2.30. The molecule has 3 N–H and O–H groups in total. The lowest BCUT2D eigenvalue weighted by molar-refractivity contribution is -0.117. The number of nitrogens with two attached hydrogens (primary N) is 1. The summed E-state index contributed by atoms with van der Waals surface area (Å²) in [6.45, 7) is 3.37. The molecule has 2 rings (SSSR count). The van der Waals surface area contributed by atoms with Crippen LogP contribution in [0.25, 0.3) is 0 Å². The summed E-state index contributed by atoms with van der Waals surface area (Å²) in [5.41, 5.74) is 6.86. The minimum atomic E-state index is -3.76. The highest BCUT2D eigenvalue weighted by Gasteiger charge is 2.31. The van der Waals surface area contributed by atoms with E-state index < -0.39 is 27.9 Å². The average Bonchev–Trinajstić information content (AvgIpc) is 2.61. The normalized spacial score (nSPS) is 12.3. The molecule has 9 heteroatoms. The van der Waals surface area contributed by atoms with Crippen LogP contribution < -0.4 is 15.4 Å². The van der Waals surface area contributed by atoms with Crippen molar-refractivity contribution >= 4 is 44.8 Å². The molecule has 1 unspecified atom stereocenters. The van der Waals surface area contributed by atoms with E-state index in [9.17, 15) is 18.0 Å². The summed E-state index contributed by atoms with van der Waals surface area (Å²) < 4.78 is 25.9. The van der Waals surface area contributed by atoms with Crippen LogP contribution in [0.3, 0.4) is 0 Å². The lowest BCUT2D eigenvalue weighted by atomic mass is 10.1. The van der Waals surface area contributed by atoms with Gasteiger partial charge in [-0.05, 0) is 55.3 Å². The molecule has 0 fully saturated rings. The molecule has 1 atom stereocenters. The molecule has 0 bridgehead atoms. The second kappa shape index (κ2) is 8.62. The van der Waals surface area contributed by atoms with Crippen molar-refractivity contribution in [2.75, 3.05) is 15.9 Å². The van der Waals surface area contributed by atoms with Crippen LogP contribution in [0.15, 0.2) is 42.5 Å². The largest absolute Gasteiger partial charge is 0.366 e. The van der Waals surface area contributed by atoms with Gasteiger partial charge in [-0.3, -0.25) is 13.9 Å².